The molecule has 0 fully saturated rings. The molecular weight excluding hydrogens is 257 g/mol. The first-order valence-corrected chi connectivity index (χ1v) is 7.48. The number of nitrogens with one attached hydrogen (secondary N) is 1. The van der Waals surface area contributed by atoms with Crippen LogP contribution in [0.3, 0.4) is 0 Å². The lowest BCUT2D eigenvalue weighted by atomic mass is 10.2. The summed E-state index contributed by atoms with van der Waals surface area (Å²) in [7, 11) is -3.59. The van der Waals surface area contributed by atoms with Crippen molar-refractivity contribution in [2.24, 2.45) is 0 Å². The Morgan fingerprint density at radius 1 is 1.39 bits per heavy atom. The van der Waals surface area contributed by atoms with Crippen molar-refractivity contribution >= 4 is 10.0 Å². The number of benzene rings is 1. The molecule has 0 saturated carbocycles. The molecule has 102 valence electrons. The second kappa shape index (κ2) is 6.82. The average Bonchev–Trinajstić information content (AvgIpc) is 2.31. The number of aliphatic hydroxyl groups excluding tert-OH is 1. The maximum Gasteiger partial charge on any atom is 0.216 e. The van der Waals surface area contributed by atoms with Crippen molar-refractivity contribution < 1.29 is 17.9 Å². The summed E-state index contributed by atoms with van der Waals surface area (Å²) in [5.41, 5.74) is 0.142. The van der Waals surface area contributed by atoms with Crippen LogP contribution >= 0.6 is 0 Å². The maximum absolute atomic E-state index is 13.4. The smallest absolute Gasteiger partial charge is 0.216 e. The van der Waals surface area contributed by atoms with E-state index in [0.717, 1.165) is 0 Å². The lowest BCUT2D eigenvalue weighted by Crippen LogP contribution is -2.36. The molecule has 18 heavy (non-hydrogen) atoms. The van der Waals surface area contributed by atoms with Gasteiger partial charge in [0.25, 0.3) is 0 Å². The van der Waals surface area contributed by atoms with Crippen LogP contribution in [0.25, 0.3) is 0 Å². The van der Waals surface area contributed by atoms with E-state index in [4.69, 9.17) is 5.11 Å². The predicted molar refractivity (Wildman–Crippen MR) is 67.9 cm³/mol. The summed E-state index contributed by atoms with van der Waals surface area (Å²) in [6.07, 6.45) is 0.935. The molecule has 0 spiro atoms. The van der Waals surface area contributed by atoms with Crippen molar-refractivity contribution in [3.05, 3.63) is 35.6 Å². The molecule has 0 saturated heterocycles. The monoisotopic (exact) mass is 275 g/mol. The number of rotatable bonds is 7. The van der Waals surface area contributed by atoms with E-state index in [-0.39, 0.29) is 24.0 Å². The predicted octanol–water partition coefficient (Wildman–Crippen LogP) is 1.41. The number of halogens is 1. The second-order valence-electron chi connectivity index (χ2n) is 4.09. The van der Waals surface area contributed by atoms with Gasteiger partial charge in [-0.1, -0.05) is 25.1 Å². The van der Waals surface area contributed by atoms with Gasteiger partial charge in [-0.05, 0) is 18.9 Å². The van der Waals surface area contributed by atoms with E-state index >= 15 is 0 Å². The minimum absolute atomic E-state index is 0.0826. The Morgan fingerprint density at radius 3 is 2.61 bits per heavy atom. The number of aliphatic hydroxyl groups is 1. The van der Waals surface area contributed by atoms with Gasteiger partial charge in [-0.2, -0.15) is 0 Å². The second-order valence-corrected chi connectivity index (χ2v) is 5.84. The van der Waals surface area contributed by atoms with E-state index in [1.165, 1.54) is 18.2 Å². The molecule has 1 aromatic rings. The summed E-state index contributed by atoms with van der Waals surface area (Å²) in [5, 5.41) is 8.80. The Kier molecular flexibility index (Phi) is 5.71. The molecule has 1 unspecified atom stereocenters. The standard InChI is InChI=1S/C12H18FNO3S/c1-2-11(7-8-15)14-18(16,17)9-10-5-3-4-6-12(10)13/h3-6,11,14-15H,2,7-9H2,1H3. The van der Waals surface area contributed by atoms with Crippen LogP contribution in [0.15, 0.2) is 24.3 Å². The fraction of sp³-hybridized carbons (Fsp3) is 0.500. The minimum atomic E-state index is -3.59. The third kappa shape index (κ3) is 4.72. The maximum atomic E-state index is 13.4. The highest BCUT2D eigenvalue weighted by Crippen LogP contribution is 2.11. The van der Waals surface area contributed by atoms with Gasteiger partial charge in [0.2, 0.25) is 10.0 Å². The minimum Gasteiger partial charge on any atom is -0.396 e. The van der Waals surface area contributed by atoms with Crippen LogP contribution in [0.2, 0.25) is 0 Å². The summed E-state index contributed by atoms with van der Waals surface area (Å²) in [6, 6.07) is 5.47. The van der Waals surface area contributed by atoms with Gasteiger partial charge in [0.05, 0.1) is 5.75 Å². The van der Waals surface area contributed by atoms with Crippen LogP contribution in [0.5, 0.6) is 0 Å². The Hall–Kier alpha value is -0.980. The van der Waals surface area contributed by atoms with Gasteiger partial charge in [0.15, 0.2) is 0 Å². The third-order valence-corrected chi connectivity index (χ3v) is 4.00. The molecule has 0 aliphatic carbocycles. The van der Waals surface area contributed by atoms with Gasteiger partial charge >= 0.3 is 0 Å². The zero-order valence-electron chi connectivity index (χ0n) is 10.3. The lowest BCUT2D eigenvalue weighted by Gasteiger charge is -2.16. The highest BCUT2D eigenvalue weighted by molar-refractivity contribution is 7.88. The number of hydrogen-bond donors (Lipinski definition) is 2. The summed E-state index contributed by atoms with van der Waals surface area (Å²) in [4.78, 5) is 0. The van der Waals surface area contributed by atoms with Gasteiger partial charge in [0, 0.05) is 18.2 Å². The Morgan fingerprint density at radius 2 is 2.06 bits per heavy atom. The zero-order valence-corrected chi connectivity index (χ0v) is 11.1. The van der Waals surface area contributed by atoms with Gasteiger partial charge in [-0.15, -0.1) is 0 Å². The van der Waals surface area contributed by atoms with Crippen LogP contribution in [-0.2, 0) is 15.8 Å². The summed E-state index contributed by atoms with van der Waals surface area (Å²) >= 11 is 0. The van der Waals surface area contributed by atoms with Crippen LogP contribution < -0.4 is 4.72 Å². The van der Waals surface area contributed by atoms with Crippen molar-refractivity contribution in [2.45, 2.75) is 31.6 Å². The fourth-order valence-corrected chi connectivity index (χ4v) is 3.14. The van der Waals surface area contributed by atoms with Gasteiger partial charge < -0.3 is 5.11 Å². The Labute approximate surface area is 107 Å². The Bertz CT molecular complexity index is 476. The molecule has 0 radical (unpaired) electrons. The quantitative estimate of drug-likeness (QED) is 0.790. The molecule has 0 heterocycles. The first kappa shape index (κ1) is 15.1. The molecule has 0 aromatic heterocycles. The van der Waals surface area contributed by atoms with Crippen molar-refractivity contribution in [3.8, 4) is 0 Å². The van der Waals surface area contributed by atoms with Crippen molar-refractivity contribution in [1.29, 1.82) is 0 Å². The molecule has 0 aliphatic heterocycles. The summed E-state index contributed by atoms with van der Waals surface area (Å²) in [6.45, 7) is 1.74. The summed E-state index contributed by atoms with van der Waals surface area (Å²) in [5.74, 6) is -0.917. The van der Waals surface area contributed by atoms with Crippen LogP contribution in [-0.4, -0.2) is 26.2 Å². The lowest BCUT2D eigenvalue weighted by molar-refractivity contribution is 0.270. The summed E-state index contributed by atoms with van der Waals surface area (Å²) < 4.78 is 39.5. The van der Waals surface area contributed by atoms with Gasteiger partial charge in [0.1, 0.15) is 5.82 Å². The van der Waals surface area contributed by atoms with Crippen molar-refractivity contribution in [3.63, 3.8) is 0 Å². The highest BCUT2D eigenvalue weighted by Gasteiger charge is 2.18. The molecule has 0 bridgehead atoms. The molecule has 1 atom stereocenters. The van der Waals surface area contributed by atoms with Crippen molar-refractivity contribution in [1.82, 2.24) is 4.72 Å². The highest BCUT2D eigenvalue weighted by atomic mass is 32.2. The molecule has 0 amide bonds. The molecule has 2 N–H and O–H groups in total. The SMILES string of the molecule is CCC(CCO)NS(=O)(=O)Cc1ccccc1F. The van der Waals surface area contributed by atoms with Crippen LogP contribution in [0.4, 0.5) is 4.39 Å². The molecular formula is C12H18FNO3S. The molecule has 1 aromatic carbocycles. The molecule has 6 heteroatoms. The van der Waals surface area contributed by atoms with E-state index in [1.807, 2.05) is 6.92 Å². The topological polar surface area (TPSA) is 66.4 Å². The van der Waals surface area contributed by atoms with Crippen molar-refractivity contribution in [2.75, 3.05) is 6.61 Å². The first-order valence-electron chi connectivity index (χ1n) is 5.82. The average molecular weight is 275 g/mol. The first-order chi connectivity index (χ1) is 8.48. The molecule has 1 rings (SSSR count). The van der Waals surface area contributed by atoms with E-state index in [0.29, 0.717) is 12.8 Å². The molecule has 4 nitrogen and oxygen atoms in total. The largest absolute Gasteiger partial charge is 0.396 e. The van der Waals surface area contributed by atoms with E-state index in [9.17, 15) is 12.8 Å². The van der Waals surface area contributed by atoms with Crippen LogP contribution in [0.1, 0.15) is 25.3 Å². The third-order valence-electron chi connectivity index (χ3n) is 2.62. The normalized spacial score (nSPS) is 13.5. The van der Waals surface area contributed by atoms with Gasteiger partial charge in [-0.25, -0.2) is 17.5 Å². The van der Waals surface area contributed by atoms with Crippen LogP contribution in [0, 0.1) is 5.82 Å². The zero-order chi connectivity index (χ0) is 13.6. The fourth-order valence-electron chi connectivity index (χ4n) is 1.62. The van der Waals surface area contributed by atoms with E-state index < -0.39 is 15.8 Å². The number of hydrogen-bond acceptors (Lipinski definition) is 3. The molecule has 0 aliphatic rings. The van der Waals surface area contributed by atoms with Gasteiger partial charge in [-0.3, -0.25) is 0 Å². The van der Waals surface area contributed by atoms with E-state index in [2.05, 4.69) is 4.72 Å². The Balaban J connectivity index is 2.73. The van der Waals surface area contributed by atoms with E-state index in [1.54, 1.807) is 6.07 Å². The number of sulfonamides is 1.